The molecule has 0 bridgehead atoms. The van der Waals surface area contributed by atoms with Crippen molar-refractivity contribution < 1.29 is 60.5 Å². The standard InChI is InChI=1S/C40H54F4N2O9S/c1-25(53-33(48)29(22-37(2,3)4)46(11)36(51)55-38(5,6)7)32(47)45(10)30(23-39(8,9)41)34(49)54-31(35(50)52-24-27-15-13-12-14-16-27)21-26-17-19-28(20-18-26)56-40(42,43)44/h12-20,25,29-31H,21-24H2,1-11H3. The van der Waals surface area contributed by atoms with Crippen molar-refractivity contribution in [1.29, 1.82) is 0 Å². The fourth-order valence-electron chi connectivity index (χ4n) is 5.26. The highest BCUT2D eigenvalue weighted by Gasteiger charge is 2.41. The van der Waals surface area contributed by atoms with Gasteiger partial charge in [0.05, 0.1) is 0 Å². The number of benzene rings is 2. The van der Waals surface area contributed by atoms with Gasteiger partial charge in [-0.15, -0.1) is 0 Å². The van der Waals surface area contributed by atoms with Crippen LogP contribution in [0.4, 0.5) is 22.4 Å². The molecule has 0 N–H and O–H groups in total. The average molecular weight is 815 g/mol. The molecule has 0 radical (unpaired) electrons. The lowest BCUT2D eigenvalue weighted by molar-refractivity contribution is -0.175. The van der Waals surface area contributed by atoms with Crippen LogP contribution < -0.4 is 0 Å². The molecule has 0 aliphatic rings. The SMILES string of the molecule is CC(OC(=O)C(CC(C)(C)C)N(C)C(=O)OC(C)(C)C)C(=O)N(C)C(CC(C)(C)F)C(=O)OC(Cc1ccc(SC(F)(F)F)cc1)C(=O)OCc1ccccc1. The van der Waals surface area contributed by atoms with Crippen molar-refractivity contribution in [3.63, 3.8) is 0 Å². The van der Waals surface area contributed by atoms with Crippen LogP contribution in [0.2, 0.25) is 0 Å². The molecular formula is C40H54F4N2O9S. The second kappa shape index (κ2) is 19.7. The maximum absolute atomic E-state index is 15.2. The summed E-state index contributed by atoms with van der Waals surface area (Å²) in [5.41, 5.74) is -6.98. The van der Waals surface area contributed by atoms with Gasteiger partial charge in [-0.3, -0.25) is 9.69 Å². The van der Waals surface area contributed by atoms with Crippen LogP contribution in [-0.4, -0.2) is 94.9 Å². The van der Waals surface area contributed by atoms with Gasteiger partial charge in [0.2, 0.25) is 6.10 Å². The van der Waals surface area contributed by atoms with Crippen molar-refractivity contribution in [3.8, 4) is 0 Å². The van der Waals surface area contributed by atoms with Gasteiger partial charge in [-0.1, -0.05) is 63.2 Å². The number of ether oxygens (including phenoxy) is 4. The summed E-state index contributed by atoms with van der Waals surface area (Å²) < 4.78 is 76.0. The van der Waals surface area contributed by atoms with Crippen molar-refractivity contribution in [2.45, 2.75) is 134 Å². The van der Waals surface area contributed by atoms with Crippen molar-refractivity contribution in [1.82, 2.24) is 9.80 Å². The first-order valence-corrected chi connectivity index (χ1v) is 18.7. The van der Waals surface area contributed by atoms with Gasteiger partial charge >= 0.3 is 29.5 Å². The molecule has 11 nitrogen and oxygen atoms in total. The first-order chi connectivity index (χ1) is 25.5. The van der Waals surface area contributed by atoms with E-state index in [-0.39, 0.29) is 36.1 Å². The summed E-state index contributed by atoms with van der Waals surface area (Å²) in [5, 5.41) is 0. The summed E-state index contributed by atoms with van der Waals surface area (Å²) in [4.78, 5) is 69.3. The molecule has 312 valence electrons. The number of esters is 3. The Labute approximate surface area is 330 Å². The Morgan fingerprint density at radius 3 is 1.73 bits per heavy atom. The molecule has 2 aromatic carbocycles. The van der Waals surface area contributed by atoms with E-state index in [0.717, 1.165) is 9.80 Å². The number of hydrogen-bond donors (Lipinski definition) is 0. The third kappa shape index (κ3) is 17.2. The molecule has 0 aliphatic heterocycles. The topological polar surface area (TPSA) is 129 Å². The predicted molar refractivity (Wildman–Crippen MR) is 202 cm³/mol. The van der Waals surface area contributed by atoms with E-state index in [1.54, 1.807) is 51.1 Å². The molecule has 4 unspecified atom stereocenters. The highest BCUT2D eigenvalue weighted by molar-refractivity contribution is 8.00. The van der Waals surface area contributed by atoms with Crippen LogP contribution in [0, 0.1) is 5.41 Å². The van der Waals surface area contributed by atoms with Gasteiger partial charge < -0.3 is 23.8 Å². The number of nitrogens with zero attached hydrogens (tertiary/aromatic N) is 2. The minimum absolute atomic E-state index is 0.108. The van der Waals surface area contributed by atoms with Crippen molar-refractivity contribution in [3.05, 3.63) is 65.7 Å². The summed E-state index contributed by atoms with van der Waals surface area (Å²) in [6.45, 7) is 13.9. The van der Waals surface area contributed by atoms with Crippen molar-refractivity contribution in [2.24, 2.45) is 5.41 Å². The Balaban J connectivity index is 2.37. The maximum atomic E-state index is 15.2. The van der Waals surface area contributed by atoms with Crippen LogP contribution in [0.15, 0.2) is 59.5 Å². The quantitative estimate of drug-likeness (QED) is 0.0711. The number of carbonyl (C=O) groups is 5. The fraction of sp³-hybridized carbons (Fsp3) is 0.575. The lowest BCUT2D eigenvalue weighted by Crippen LogP contribution is -2.52. The van der Waals surface area contributed by atoms with Gasteiger partial charge in [-0.2, -0.15) is 13.2 Å². The highest BCUT2D eigenvalue weighted by atomic mass is 32.2. The van der Waals surface area contributed by atoms with Crippen molar-refractivity contribution >= 4 is 41.7 Å². The number of halogens is 4. The van der Waals surface area contributed by atoms with Crippen LogP contribution >= 0.6 is 11.8 Å². The minimum atomic E-state index is -4.52. The van der Waals surface area contributed by atoms with Gasteiger partial charge in [0.15, 0.2) is 6.10 Å². The number of rotatable bonds is 16. The first-order valence-electron chi connectivity index (χ1n) is 17.9. The molecule has 0 spiro atoms. The molecular weight excluding hydrogens is 761 g/mol. The molecule has 4 atom stereocenters. The second-order valence-electron chi connectivity index (χ2n) is 16.3. The second-order valence-corrected chi connectivity index (χ2v) is 17.4. The number of thioether (sulfide) groups is 1. The lowest BCUT2D eigenvalue weighted by atomic mass is 9.87. The van der Waals surface area contributed by atoms with E-state index in [0.29, 0.717) is 11.1 Å². The van der Waals surface area contributed by atoms with Crippen LogP contribution in [0.25, 0.3) is 0 Å². The van der Waals surface area contributed by atoms with E-state index < -0.39 is 82.8 Å². The van der Waals surface area contributed by atoms with Crippen LogP contribution in [0.1, 0.15) is 86.3 Å². The van der Waals surface area contributed by atoms with Gasteiger partial charge in [-0.25, -0.2) is 23.6 Å². The summed E-state index contributed by atoms with van der Waals surface area (Å²) in [6.07, 6.45) is -4.76. The molecule has 0 aromatic heterocycles. The molecule has 2 aromatic rings. The molecule has 0 fully saturated rings. The molecule has 56 heavy (non-hydrogen) atoms. The summed E-state index contributed by atoms with van der Waals surface area (Å²) in [7, 11) is 2.56. The molecule has 0 aliphatic carbocycles. The smallest absolute Gasteiger partial charge is 0.446 e. The zero-order valence-electron chi connectivity index (χ0n) is 33.8. The van der Waals surface area contributed by atoms with Gasteiger partial charge in [0.25, 0.3) is 5.91 Å². The third-order valence-electron chi connectivity index (χ3n) is 7.96. The molecule has 2 rings (SSSR count). The van der Waals surface area contributed by atoms with E-state index in [1.807, 2.05) is 20.8 Å². The monoisotopic (exact) mass is 814 g/mol. The van der Waals surface area contributed by atoms with Crippen LogP contribution in [-0.2, 0) is 51.2 Å². The number of carbonyl (C=O) groups excluding carboxylic acids is 5. The van der Waals surface area contributed by atoms with Gasteiger partial charge in [0, 0.05) is 31.8 Å². The number of likely N-dealkylation sites (N-methyl/N-ethyl adjacent to an activating group) is 2. The fourth-order valence-corrected chi connectivity index (χ4v) is 5.80. The normalized spacial score (nSPS) is 14.4. The number of alkyl halides is 4. The van der Waals surface area contributed by atoms with Crippen molar-refractivity contribution in [2.75, 3.05) is 14.1 Å². The number of amides is 2. The van der Waals surface area contributed by atoms with E-state index in [1.165, 1.54) is 59.1 Å². The van der Waals surface area contributed by atoms with Gasteiger partial charge in [-0.05, 0) is 88.4 Å². The Kier molecular flexibility index (Phi) is 16.8. The van der Waals surface area contributed by atoms with Crippen LogP contribution in [0.5, 0.6) is 0 Å². The zero-order valence-corrected chi connectivity index (χ0v) is 34.6. The molecule has 0 saturated heterocycles. The molecule has 0 heterocycles. The van der Waals surface area contributed by atoms with E-state index in [4.69, 9.17) is 18.9 Å². The molecule has 0 saturated carbocycles. The summed E-state index contributed by atoms with van der Waals surface area (Å²) in [6, 6.07) is 10.8. The first kappa shape index (κ1) is 47.8. The van der Waals surface area contributed by atoms with Crippen LogP contribution in [0.3, 0.4) is 0 Å². The van der Waals surface area contributed by atoms with Gasteiger partial charge in [0.1, 0.15) is 30.0 Å². The molecule has 16 heteroatoms. The predicted octanol–water partition coefficient (Wildman–Crippen LogP) is 8.06. The lowest BCUT2D eigenvalue weighted by Gasteiger charge is -2.34. The largest absolute Gasteiger partial charge is 0.458 e. The molecule has 2 amide bonds. The van der Waals surface area contributed by atoms with E-state index in [2.05, 4.69) is 0 Å². The third-order valence-corrected chi connectivity index (χ3v) is 8.70. The Hall–Kier alpha value is -4.34. The Morgan fingerprint density at radius 2 is 1.23 bits per heavy atom. The Bertz CT molecular complexity index is 1640. The minimum Gasteiger partial charge on any atom is -0.458 e. The maximum Gasteiger partial charge on any atom is 0.446 e. The number of hydrogen-bond acceptors (Lipinski definition) is 10. The van der Waals surface area contributed by atoms with E-state index in [9.17, 15) is 37.1 Å². The Morgan fingerprint density at radius 1 is 0.696 bits per heavy atom. The summed E-state index contributed by atoms with van der Waals surface area (Å²) >= 11 is -0.324. The zero-order chi connectivity index (χ0) is 42.8. The summed E-state index contributed by atoms with van der Waals surface area (Å²) in [5.74, 6) is -4.02. The van der Waals surface area contributed by atoms with E-state index >= 15 is 4.39 Å². The highest BCUT2D eigenvalue weighted by Crippen LogP contribution is 2.37. The average Bonchev–Trinajstić information content (AvgIpc) is 3.06.